The fourth-order valence-electron chi connectivity index (χ4n) is 1.68. The first kappa shape index (κ1) is 13.5. The SMILES string of the molecule is CCCC(COC)NC(=O)c1nn(C)cc1N. The average molecular weight is 240 g/mol. The summed E-state index contributed by atoms with van der Waals surface area (Å²) in [7, 11) is 3.34. The summed E-state index contributed by atoms with van der Waals surface area (Å²) in [6, 6.07) is -0.00101. The van der Waals surface area contributed by atoms with Crippen molar-refractivity contribution in [2.45, 2.75) is 25.8 Å². The zero-order chi connectivity index (χ0) is 12.8. The summed E-state index contributed by atoms with van der Waals surface area (Å²) >= 11 is 0. The Balaban J connectivity index is 2.66. The maximum absolute atomic E-state index is 11.9. The van der Waals surface area contributed by atoms with Gasteiger partial charge >= 0.3 is 0 Å². The third-order valence-electron chi connectivity index (χ3n) is 2.41. The summed E-state index contributed by atoms with van der Waals surface area (Å²) in [5, 5.41) is 6.89. The molecular formula is C11H20N4O2. The quantitative estimate of drug-likeness (QED) is 0.760. The Morgan fingerprint density at radius 2 is 2.41 bits per heavy atom. The molecule has 0 aliphatic carbocycles. The van der Waals surface area contributed by atoms with E-state index in [9.17, 15) is 4.79 Å². The van der Waals surface area contributed by atoms with E-state index in [-0.39, 0.29) is 17.6 Å². The highest BCUT2D eigenvalue weighted by atomic mass is 16.5. The molecular weight excluding hydrogens is 220 g/mol. The van der Waals surface area contributed by atoms with Crippen molar-refractivity contribution in [2.24, 2.45) is 7.05 Å². The van der Waals surface area contributed by atoms with Crippen LogP contribution >= 0.6 is 0 Å². The molecule has 17 heavy (non-hydrogen) atoms. The summed E-state index contributed by atoms with van der Waals surface area (Å²) in [6.07, 6.45) is 3.46. The van der Waals surface area contributed by atoms with Crippen LogP contribution in [0.3, 0.4) is 0 Å². The molecule has 1 amide bonds. The van der Waals surface area contributed by atoms with Crippen molar-refractivity contribution >= 4 is 11.6 Å². The molecule has 0 spiro atoms. The molecule has 1 aromatic heterocycles. The lowest BCUT2D eigenvalue weighted by Crippen LogP contribution is -2.38. The fraction of sp³-hybridized carbons (Fsp3) is 0.636. The lowest BCUT2D eigenvalue weighted by atomic mass is 10.1. The van der Waals surface area contributed by atoms with Crippen molar-refractivity contribution in [2.75, 3.05) is 19.5 Å². The van der Waals surface area contributed by atoms with Crippen LogP contribution in [0.5, 0.6) is 0 Å². The van der Waals surface area contributed by atoms with Crippen LogP contribution in [0, 0.1) is 0 Å². The highest BCUT2D eigenvalue weighted by molar-refractivity contribution is 5.97. The summed E-state index contributed by atoms with van der Waals surface area (Å²) in [5.74, 6) is -0.251. The molecule has 6 nitrogen and oxygen atoms in total. The molecule has 1 heterocycles. The molecule has 1 aromatic rings. The van der Waals surface area contributed by atoms with Gasteiger partial charge in [0, 0.05) is 20.4 Å². The number of methoxy groups -OCH3 is 1. The third-order valence-corrected chi connectivity index (χ3v) is 2.41. The molecule has 96 valence electrons. The Bertz CT molecular complexity index is 370. The molecule has 0 aliphatic rings. The predicted molar refractivity (Wildman–Crippen MR) is 65.7 cm³/mol. The van der Waals surface area contributed by atoms with E-state index in [0.29, 0.717) is 12.3 Å². The highest BCUT2D eigenvalue weighted by Crippen LogP contribution is 2.08. The fourth-order valence-corrected chi connectivity index (χ4v) is 1.68. The molecule has 0 saturated carbocycles. The summed E-state index contributed by atoms with van der Waals surface area (Å²) < 4.78 is 6.58. The second kappa shape index (κ2) is 6.24. The molecule has 1 unspecified atom stereocenters. The van der Waals surface area contributed by atoms with Gasteiger partial charge in [-0.25, -0.2) is 0 Å². The van der Waals surface area contributed by atoms with Crippen LogP contribution in [0.15, 0.2) is 6.20 Å². The van der Waals surface area contributed by atoms with Crippen LogP contribution in [0.25, 0.3) is 0 Å². The monoisotopic (exact) mass is 240 g/mol. The lowest BCUT2D eigenvalue weighted by Gasteiger charge is -2.16. The number of hydrogen-bond donors (Lipinski definition) is 2. The minimum Gasteiger partial charge on any atom is -0.396 e. The van der Waals surface area contributed by atoms with E-state index >= 15 is 0 Å². The average Bonchev–Trinajstić information content (AvgIpc) is 2.58. The molecule has 6 heteroatoms. The number of nitrogens with two attached hydrogens (primary N) is 1. The number of rotatable bonds is 6. The van der Waals surface area contributed by atoms with E-state index in [4.69, 9.17) is 10.5 Å². The van der Waals surface area contributed by atoms with E-state index < -0.39 is 0 Å². The molecule has 0 fully saturated rings. The number of ether oxygens (including phenoxy) is 1. The van der Waals surface area contributed by atoms with Crippen molar-refractivity contribution in [3.63, 3.8) is 0 Å². The molecule has 1 rings (SSSR count). The minimum atomic E-state index is -0.251. The van der Waals surface area contributed by atoms with Crippen molar-refractivity contribution in [1.82, 2.24) is 15.1 Å². The maximum Gasteiger partial charge on any atom is 0.274 e. The van der Waals surface area contributed by atoms with Gasteiger partial charge in [0.1, 0.15) is 0 Å². The van der Waals surface area contributed by atoms with Crippen LogP contribution in [0.4, 0.5) is 5.69 Å². The van der Waals surface area contributed by atoms with Gasteiger partial charge in [0.25, 0.3) is 5.91 Å². The topological polar surface area (TPSA) is 82.2 Å². The first-order chi connectivity index (χ1) is 8.08. The molecule has 0 aromatic carbocycles. The first-order valence-corrected chi connectivity index (χ1v) is 5.67. The van der Waals surface area contributed by atoms with Gasteiger partial charge in [-0.2, -0.15) is 5.10 Å². The van der Waals surface area contributed by atoms with E-state index in [1.165, 1.54) is 4.68 Å². The maximum atomic E-state index is 11.9. The second-order valence-electron chi connectivity index (χ2n) is 4.02. The van der Waals surface area contributed by atoms with E-state index in [1.54, 1.807) is 20.4 Å². The smallest absolute Gasteiger partial charge is 0.274 e. The highest BCUT2D eigenvalue weighted by Gasteiger charge is 2.17. The van der Waals surface area contributed by atoms with Gasteiger partial charge in [0.05, 0.1) is 18.3 Å². The standard InChI is InChI=1S/C11H20N4O2/c1-4-5-8(7-17-3)13-11(16)10-9(12)6-15(2)14-10/h6,8H,4-5,7,12H2,1-3H3,(H,13,16). The molecule has 0 saturated heterocycles. The van der Waals surface area contributed by atoms with Gasteiger partial charge in [0.15, 0.2) is 5.69 Å². The number of nitrogens with one attached hydrogen (secondary N) is 1. The summed E-state index contributed by atoms with van der Waals surface area (Å²) in [6.45, 7) is 2.55. The van der Waals surface area contributed by atoms with Crippen LogP contribution < -0.4 is 11.1 Å². The Hall–Kier alpha value is -1.56. The normalized spacial score (nSPS) is 12.4. The van der Waals surface area contributed by atoms with Crippen molar-refractivity contribution in [3.05, 3.63) is 11.9 Å². The number of anilines is 1. The second-order valence-corrected chi connectivity index (χ2v) is 4.02. The van der Waals surface area contributed by atoms with E-state index in [1.807, 2.05) is 0 Å². The Kier molecular flexibility index (Phi) is 4.96. The van der Waals surface area contributed by atoms with Gasteiger partial charge < -0.3 is 15.8 Å². The molecule has 0 radical (unpaired) electrons. The largest absolute Gasteiger partial charge is 0.396 e. The van der Waals surface area contributed by atoms with Crippen LogP contribution in [0.2, 0.25) is 0 Å². The number of carbonyl (C=O) groups is 1. The van der Waals surface area contributed by atoms with Gasteiger partial charge in [-0.15, -0.1) is 0 Å². The van der Waals surface area contributed by atoms with Crippen LogP contribution in [-0.4, -0.2) is 35.4 Å². The summed E-state index contributed by atoms with van der Waals surface area (Å²) in [4.78, 5) is 11.9. The Morgan fingerprint density at radius 1 is 1.71 bits per heavy atom. The van der Waals surface area contributed by atoms with E-state index in [0.717, 1.165) is 12.8 Å². The number of aryl methyl sites for hydroxylation is 1. The van der Waals surface area contributed by atoms with Crippen LogP contribution in [0.1, 0.15) is 30.3 Å². The number of hydrogen-bond acceptors (Lipinski definition) is 4. The van der Waals surface area contributed by atoms with Crippen molar-refractivity contribution < 1.29 is 9.53 Å². The third kappa shape index (κ3) is 3.74. The predicted octanol–water partition coefficient (Wildman–Crippen LogP) is 0.547. The van der Waals surface area contributed by atoms with Gasteiger partial charge in [-0.05, 0) is 6.42 Å². The van der Waals surface area contributed by atoms with Crippen molar-refractivity contribution in [3.8, 4) is 0 Å². The zero-order valence-corrected chi connectivity index (χ0v) is 10.6. The molecule has 3 N–H and O–H groups in total. The molecule has 0 aliphatic heterocycles. The van der Waals surface area contributed by atoms with Gasteiger partial charge in [0.2, 0.25) is 0 Å². The summed E-state index contributed by atoms with van der Waals surface area (Å²) in [5.41, 5.74) is 6.35. The van der Waals surface area contributed by atoms with Gasteiger partial charge in [-0.1, -0.05) is 13.3 Å². The number of amides is 1. The van der Waals surface area contributed by atoms with E-state index in [2.05, 4.69) is 17.3 Å². The first-order valence-electron chi connectivity index (χ1n) is 5.67. The molecule has 0 bridgehead atoms. The number of aromatic nitrogens is 2. The lowest BCUT2D eigenvalue weighted by molar-refractivity contribution is 0.0887. The number of carbonyl (C=O) groups excluding carboxylic acids is 1. The Morgan fingerprint density at radius 3 is 2.88 bits per heavy atom. The van der Waals surface area contributed by atoms with Gasteiger partial charge in [-0.3, -0.25) is 9.48 Å². The Labute approximate surface area is 101 Å². The van der Waals surface area contributed by atoms with Crippen LogP contribution in [-0.2, 0) is 11.8 Å². The minimum absolute atomic E-state index is 0.00101. The molecule has 1 atom stereocenters. The number of nitrogens with zero attached hydrogens (tertiary/aromatic N) is 2. The zero-order valence-electron chi connectivity index (χ0n) is 10.6. The number of nitrogen functional groups attached to an aromatic ring is 1. The van der Waals surface area contributed by atoms with Crippen molar-refractivity contribution in [1.29, 1.82) is 0 Å².